The Balaban J connectivity index is 1.88. The van der Waals surface area contributed by atoms with Gasteiger partial charge in [-0.25, -0.2) is 9.67 Å². The highest BCUT2D eigenvalue weighted by atomic mass is 35.5. The lowest BCUT2D eigenvalue weighted by Gasteiger charge is -2.33. The van der Waals surface area contributed by atoms with E-state index < -0.39 is 0 Å². The molecule has 0 saturated carbocycles. The van der Waals surface area contributed by atoms with Gasteiger partial charge in [-0.05, 0) is 30.9 Å². The summed E-state index contributed by atoms with van der Waals surface area (Å²) in [5, 5.41) is 7.19. The second-order valence-electron chi connectivity index (χ2n) is 4.71. The summed E-state index contributed by atoms with van der Waals surface area (Å²) >= 11 is 7.43. The second-order valence-corrected chi connectivity index (χ2v) is 5.97. The molecule has 8 heteroatoms. The third-order valence-corrected chi connectivity index (χ3v) is 4.61. The van der Waals surface area contributed by atoms with Gasteiger partial charge in [-0.3, -0.25) is 4.79 Å². The van der Waals surface area contributed by atoms with E-state index in [9.17, 15) is 4.79 Å². The van der Waals surface area contributed by atoms with Gasteiger partial charge in [0.2, 0.25) is 11.1 Å². The molecule has 0 spiro atoms. The first kappa shape index (κ1) is 13.5. The molecule has 0 N–H and O–H groups in total. The normalized spacial score (nSPS) is 19.3. The number of hydrogen-bond acceptors (Lipinski definition) is 5. The molecular formula is C12H14ClN5OS. The molecule has 6 nitrogen and oxygen atoms in total. The van der Waals surface area contributed by atoms with E-state index in [1.54, 1.807) is 24.6 Å². The Morgan fingerprint density at radius 3 is 3.00 bits per heavy atom. The van der Waals surface area contributed by atoms with Crippen molar-refractivity contribution in [3.63, 3.8) is 0 Å². The van der Waals surface area contributed by atoms with E-state index in [0.29, 0.717) is 6.54 Å². The Labute approximate surface area is 125 Å². The van der Waals surface area contributed by atoms with Crippen LogP contribution in [0, 0.1) is 0 Å². The van der Waals surface area contributed by atoms with E-state index in [1.807, 2.05) is 10.3 Å². The maximum atomic E-state index is 12.6. The fraction of sp³-hybridized carbons (Fsp3) is 0.500. The average Bonchev–Trinajstić information content (AvgIpc) is 3.09. The molecule has 2 aromatic heterocycles. The number of thiazole rings is 1. The number of carbonyl (C=O) groups excluding carboxylic acids is 1. The lowest BCUT2D eigenvalue weighted by Crippen LogP contribution is -2.39. The number of rotatable bonds is 2. The van der Waals surface area contributed by atoms with Crippen molar-refractivity contribution in [2.24, 2.45) is 7.05 Å². The Bertz CT molecular complexity index is 592. The first-order chi connectivity index (χ1) is 9.66. The SMILES string of the molecule is Cn1nc(C(=O)N2CCCCC2c2nccs2)nc1Cl. The summed E-state index contributed by atoms with van der Waals surface area (Å²) < 4.78 is 1.40. The molecule has 0 radical (unpaired) electrons. The van der Waals surface area contributed by atoms with Gasteiger partial charge in [-0.1, -0.05) is 0 Å². The smallest absolute Gasteiger partial charge is 0.294 e. The zero-order valence-corrected chi connectivity index (χ0v) is 12.6. The van der Waals surface area contributed by atoms with E-state index in [4.69, 9.17) is 11.6 Å². The van der Waals surface area contributed by atoms with Gasteiger partial charge in [-0.2, -0.15) is 4.98 Å². The van der Waals surface area contributed by atoms with Gasteiger partial charge >= 0.3 is 0 Å². The molecule has 3 heterocycles. The maximum Gasteiger partial charge on any atom is 0.294 e. The quantitative estimate of drug-likeness (QED) is 0.853. The van der Waals surface area contributed by atoms with Gasteiger partial charge in [0.15, 0.2) is 0 Å². The Kier molecular flexibility index (Phi) is 3.71. The van der Waals surface area contributed by atoms with Crippen molar-refractivity contribution in [1.29, 1.82) is 0 Å². The standard InChI is InChI=1S/C12H14ClN5OS/c1-17-12(13)15-9(16-17)11(19)18-6-3-2-4-8(18)10-14-5-7-20-10/h5,7-8H,2-4,6H2,1H3. The largest absolute Gasteiger partial charge is 0.326 e. The van der Waals surface area contributed by atoms with Crippen LogP contribution in [0.4, 0.5) is 0 Å². The van der Waals surface area contributed by atoms with Crippen LogP contribution in [0.3, 0.4) is 0 Å². The highest BCUT2D eigenvalue weighted by molar-refractivity contribution is 7.09. The predicted octanol–water partition coefficient (Wildman–Crippen LogP) is 2.29. The number of carbonyl (C=O) groups is 1. The fourth-order valence-electron chi connectivity index (χ4n) is 2.41. The van der Waals surface area contributed by atoms with E-state index in [1.165, 1.54) is 4.68 Å². The zero-order chi connectivity index (χ0) is 14.1. The molecule has 20 heavy (non-hydrogen) atoms. The number of piperidine rings is 1. The first-order valence-electron chi connectivity index (χ1n) is 6.43. The second kappa shape index (κ2) is 5.49. The summed E-state index contributed by atoms with van der Waals surface area (Å²) in [6, 6.07) is 0.0267. The molecule has 3 rings (SSSR count). The Hall–Kier alpha value is -1.47. The molecule has 2 aromatic rings. The minimum Gasteiger partial charge on any atom is -0.326 e. The van der Waals surface area contributed by atoms with Crippen LogP contribution < -0.4 is 0 Å². The number of likely N-dealkylation sites (tertiary alicyclic amines) is 1. The van der Waals surface area contributed by atoms with Crippen molar-refractivity contribution in [2.75, 3.05) is 6.54 Å². The zero-order valence-electron chi connectivity index (χ0n) is 11.0. The van der Waals surface area contributed by atoms with Crippen molar-refractivity contribution < 1.29 is 4.79 Å². The van der Waals surface area contributed by atoms with Crippen LogP contribution in [0.25, 0.3) is 0 Å². The molecule has 1 saturated heterocycles. The highest BCUT2D eigenvalue weighted by Gasteiger charge is 2.32. The van der Waals surface area contributed by atoms with Crippen LogP contribution in [0.2, 0.25) is 5.28 Å². The summed E-state index contributed by atoms with van der Waals surface area (Å²) in [7, 11) is 1.67. The van der Waals surface area contributed by atoms with Crippen LogP contribution in [0.15, 0.2) is 11.6 Å². The predicted molar refractivity (Wildman–Crippen MR) is 75.8 cm³/mol. The average molecular weight is 312 g/mol. The molecule has 1 aliphatic heterocycles. The number of aromatic nitrogens is 4. The number of halogens is 1. The first-order valence-corrected chi connectivity index (χ1v) is 7.69. The molecule has 0 aromatic carbocycles. The molecule has 1 aliphatic rings. The van der Waals surface area contributed by atoms with E-state index in [0.717, 1.165) is 24.3 Å². The number of nitrogens with zero attached hydrogens (tertiary/aromatic N) is 5. The molecule has 106 valence electrons. The third kappa shape index (κ3) is 2.43. The number of amides is 1. The molecular weight excluding hydrogens is 298 g/mol. The lowest BCUT2D eigenvalue weighted by atomic mass is 10.0. The van der Waals surface area contributed by atoms with Gasteiger partial charge in [0, 0.05) is 25.2 Å². The monoisotopic (exact) mass is 311 g/mol. The molecule has 1 fully saturated rings. The van der Waals surface area contributed by atoms with Crippen LogP contribution >= 0.6 is 22.9 Å². The minimum atomic E-state index is -0.174. The number of aryl methyl sites for hydroxylation is 1. The Morgan fingerprint density at radius 2 is 2.35 bits per heavy atom. The highest BCUT2D eigenvalue weighted by Crippen LogP contribution is 2.32. The summed E-state index contributed by atoms with van der Waals surface area (Å²) in [5.74, 6) is -0.0200. The molecule has 0 bridgehead atoms. The maximum absolute atomic E-state index is 12.6. The van der Waals surface area contributed by atoms with Gasteiger partial charge in [0.1, 0.15) is 5.01 Å². The van der Waals surface area contributed by atoms with Crippen LogP contribution in [0.5, 0.6) is 0 Å². The minimum absolute atomic E-state index is 0.0267. The van der Waals surface area contributed by atoms with Crippen LogP contribution in [-0.2, 0) is 7.05 Å². The van der Waals surface area contributed by atoms with E-state index in [-0.39, 0.29) is 23.1 Å². The van der Waals surface area contributed by atoms with Crippen molar-refractivity contribution in [3.8, 4) is 0 Å². The van der Waals surface area contributed by atoms with Gasteiger partial charge in [0.25, 0.3) is 5.91 Å². The van der Waals surface area contributed by atoms with Gasteiger partial charge in [0.05, 0.1) is 6.04 Å². The lowest BCUT2D eigenvalue weighted by molar-refractivity contribution is 0.0598. The summed E-state index contributed by atoms with van der Waals surface area (Å²) in [5.41, 5.74) is 0. The van der Waals surface area contributed by atoms with Crippen molar-refractivity contribution in [3.05, 3.63) is 27.7 Å². The number of hydrogen-bond donors (Lipinski definition) is 0. The van der Waals surface area contributed by atoms with Crippen molar-refractivity contribution in [2.45, 2.75) is 25.3 Å². The molecule has 1 atom stereocenters. The molecule has 0 aliphatic carbocycles. The fourth-order valence-corrected chi connectivity index (χ4v) is 3.32. The molecule has 1 amide bonds. The van der Waals surface area contributed by atoms with Gasteiger partial charge in [-0.15, -0.1) is 16.4 Å². The van der Waals surface area contributed by atoms with Gasteiger partial charge < -0.3 is 4.90 Å². The molecule has 1 unspecified atom stereocenters. The van der Waals surface area contributed by atoms with E-state index >= 15 is 0 Å². The third-order valence-electron chi connectivity index (χ3n) is 3.40. The van der Waals surface area contributed by atoms with Crippen LogP contribution in [0.1, 0.15) is 40.9 Å². The topological polar surface area (TPSA) is 63.9 Å². The summed E-state index contributed by atoms with van der Waals surface area (Å²) in [4.78, 5) is 22.7. The van der Waals surface area contributed by atoms with E-state index in [2.05, 4.69) is 15.1 Å². The Morgan fingerprint density at radius 1 is 1.50 bits per heavy atom. The summed E-state index contributed by atoms with van der Waals surface area (Å²) in [6.07, 6.45) is 4.80. The van der Waals surface area contributed by atoms with Crippen molar-refractivity contribution in [1.82, 2.24) is 24.6 Å². The summed E-state index contributed by atoms with van der Waals surface area (Å²) in [6.45, 7) is 0.707. The van der Waals surface area contributed by atoms with Crippen molar-refractivity contribution >= 4 is 28.8 Å². The van der Waals surface area contributed by atoms with Crippen LogP contribution in [-0.4, -0.2) is 37.1 Å².